The van der Waals surface area contributed by atoms with Crippen molar-refractivity contribution in [1.29, 1.82) is 0 Å². The van der Waals surface area contributed by atoms with Crippen molar-refractivity contribution in [2.45, 2.75) is 141 Å². The fourth-order valence-electron chi connectivity index (χ4n) is 5.28. The predicted octanol–water partition coefficient (Wildman–Crippen LogP) is 7.10. The van der Waals surface area contributed by atoms with Gasteiger partial charge in [0, 0.05) is 12.8 Å². The third kappa shape index (κ3) is 27.2. The van der Waals surface area contributed by atoms with Gasteiger partial charge in [0.25, 0.3) is 10.1 Å². The molecule has 13 heteroatoms. The zero-order chi connectivity index (χ0) is 41.3. The van der Waals surface area contributed by atoms with Crippen LogP contribution in [-0.2, 0) is 38.7 Å². The molecular weight excluding hydrogens is 741 g/mol. The van der Waals surface area contributed by atoms with Crippen molar-refractivity contribution >= 4 is 22.1 Å². The van der Waals surface area contributed by atoms with Crippen molar-refractivity contribution in [2.24, 2.45) is 0 Å². The molecule has 0 radical (unpaired) electrons. The lowest BCUT2D eigenvalue weighted by Gasteiger charge is -2.40. The van der Waals surface area contributed by atoms with Gasteiger partial charge in [0.15, 0.2) is 12.4 Å². The molecule has 4 N–H and O–H groups in total. The van der Waals surface area contributed by atoms with Crippen molar-refractivity contribution in [3.05, 3.63) is 97.2 Å². The minimum atomic E-state index is -4.61. The molecule has 1 rings (SSSR count). The van der Waals surface area contributed by atoms with Crippen molar-refractivity contribution in [1.82, 2.24) is 0 Å². The van der Waals surface area contributed by atoms with Crippen LogP contribution in [0.5, 0.6) is 0 Å². The van der Waals surface area contributed by atoms with E-state index < -0.39 is 71.2 Å². The second-order valence-electron chi connectivity index (χ2n) is 13.4. The van der Waals surface area contributed by atoms with Crippen molar-refractivity contribution in [3.63, 3.8) is 0 Å². The van der Waals surface area contributed by atoms with E-state index in [1.165, 1.54) is 0 Å². The van der Waals surface area contributed by atoms with E-state index in [0.29, 0.717) is 12.8 Å². The highest BCUT2D eigenvalue weighted by Gasteiger charge is 2.46. The molecule has 1 heterocycles. The molecular formula is C43H66O12S. The average Bonchev–Trinajstić information content (AvgIpc) is 3.16. The SMILES string of the molecule is CC/C=C/C=C/C=C/C=C/CCCCCCCC(=O)OCC(CO[C@H]1O[C@H](CS(=O)(=O)O)[C@@H](O)C(O)C1O)OC(=O)CCCCC/C=C/C=C/C=C/C=C/CC. The Morgan fingerprint density at radius 3 is 1.61 bits per heavy atom. The van der Waals surface area contributed by atoms with E-state index in [4.69, 9.17) is 18.9 Å². The van der Waals surface area contributed by atoms with Crippen LogP contribution < -0.4 is 0 Å². The van der Waals surface area contributed by atoms with Crippen LogP contribution in [0.25, 0.3) is 0 Å². The van der Waals surface area contributed by atoms with Gasteiger partial charge in [0.1, 0.15) is 36.8 Å². The lowest BCUT2D eigenvalue weighted by atomic mass is 10.00. The molecule has 1 fully saturated rings. The molecule has 0 spiro atoms. The normalized spacial score (nSPS) is 21.7. The maximum absolute atomic E-state index is 12.7. The molecule has 6 atom stereocenters. The van der Waals surface area contributed by atoms with E-state index in [1.54, 1.807) is 0 Å². The number of aliphatic hydroxyl groups is 3. The van der Waals surface area contributed by atoms with Crippen LogP contribution in [0.4, 0.5) is 0 Å². The van der Waals surface area contributed by atoms with E-state index in [2.05, 4.69) is 38.2 Å². The smallest absolute Gasteiger partial charge is 0.306 e. The van der Waals surface area contributed by atoms with Crippen molar-refractivity contribution < 1.29 is 56.8 Å². The number of unbranched alkanes of at least 4 members (excludes halogenated alkanes) is 8. The van der Waals surface area contributed by atoms with Gasteiger partial charge in [-0.3, -0.25) is 14.1 Å². The van der Waals surface area contributed by atoms with E-state index in [0.717, 1.165) is 64.2 Å². The number of rotatable bonds is 30. The highest BCUT2D eigenvalue weighted by Crippen LogP contribution is 2.24. The summed E-state index contributed by atoms with van der Waals surface area (Å²) < 4.78 is 53.8. The van der Waals surface area contributed by atoms with E-state index in [-0.39, 0.29) is 19.4 Å². The fraction of sp³-hybridized carbons (Fsp3) is 0.581. The zero-order valence-corrected chi connectivity index (χ0v) is 34.0. The van der Waals surface area contributed by atoms with Crippen LogP contribution in [0.15, 0.2) is 97.2 Å². The summed E-state index contributed by atoms with van der Waals surface area (Å²) in [4.78, 5) is 25.3. The maximum atomic E-state index is 12.7. The molecule has 3 unspecified atom stereocenters. The highest BCUT2D eigenvalue weighted by molar-refractivity contribution is 7.85. The Morgan fingerprint density at radius 1 is 0.607 bits per heavy atom. The quantitative estimate of drug-likeness (QED) is 0.0250. The first-order valence-corrected chi connectivity index (χ1v) is 21.5. The van der Waals surface area contributed by atoms with E-state index >= 15 is 0 Å². The summed E-state index contributed by atoms with van der Waals surface area (Å²) >= 11 is 0. The largest absolute Gasteiger partial charge is 0.462 e. The predicted molar refractivity (Wildman–Crippen MR) is 219 cm³/mol. The number of esters is 2. The second-order valence-corrected chi connectivity index (χ2v) is 14.9. The van der Waals surface area contributed by atoms with Gasteiger partial charge in [0.05, 0.1) is 6.61 Å². The minimum Gasteiger partial charge on any atom is -0.462 e. The number of hydrogen-bond acceptors (Lipinski definition) is 11. The Morgan fingerprint density at radius 2 is 1.07 bits per heavy atom. The van der Waals surface area contributed by atoms with Crippen LogP contribution >= 0.6 is 0 Å². The Labute approximate surface area is 334 Å². The first kappa shape index (κ1) is 50.6. The third-order valence-corrected chi connectivity index (χ3v) is 9.10. The van der Waals surface area contributed by atoms with Gasteiger partial charge in [-0.25, -0.2) is 0 Å². The molecule has 0 bridgehead atoms. The third-order valence-electron chi connectivity index (χ3n) is 8.35. The lowest BCUT2D eigenvalue weighted by molar-refractivity contribution is -0.297. The number of carbonyl (C=O) groups excluding carboxylic acids is 2. The molecule has 0 amide bonds. The molecule has 0 aromatic heterocycles. The van der Waals surface area contributed by atoms with Gasteiger partial charge in [-0.1, -0.05) is 137 Å². The summed E-state index contributed by atoms with van der Waals surface area (Å²) in [7, 11) is -4.61. The first-order chi connectivity index (χ1) is 27.0. The van der Waals surface area contributed by atoms with Gasteiger partial charge in [-0.05, 0) is 51.4 Å². The minimum absolute atomic E-state index is 0.106. The van der Waals surface area contributed by atoms with Crippen LogP contribution in [0, 0.1) is 0 Å². The number of aliphatic hydroxyl groups excluding tert-OH is 3. The van der Waals surface area contributed by atoms with Crippen molar-refractivity contribution in [2.75, 3.05) is 19.0 Å². The molecule has 0 saturated carbocycles. The van der Waals surface area contributed by atoms with Gasteiger partial charge >= 0.3 is 11.9 Å². The number of ether oxygens (including phenoxy) is 4. The standard InChI is InChI=1S/C43H66O12S/c1-3-5-7-9-11-13-15-17-18-20-21-23-25-27-29-31-38(44)52-33-36(34-53-43-42(48)41(47)40(46)37(55-43)35-56(49,50)51)54-39(45)32-30-28-26-24-22-19-16-14-12-10-8-6-4-2/h5-19,22,36-37,40-43,46-48H,3-4,20-21,23-35H2,1-2H3,(H,49,50,51)/b7-5+,8-6+,11-9+,12-10+,15-13+,16-14+,18-17+,22-19+/t36?,37-,40-,41?,42?,43+/m1/s1. The van der Waals surface area contributed by atoms with Crippen molar-refractivity contribution in [3.8, 4) is 0 Å². The van der Waals surface area contributed by atoms with Gasteiger partial charge in [-0.15, -0.1) is 0 Å². The molecule has 56 heavy (non-hydrogen) atoms. The number of carbonyl (C=O) groups is 2. The fourth-order valence-corrected chi connectivity index (χ4v) is 5.97. The van der Waals surface area contributed by atoms with Crippen LogP contribution in [0.2, 0.25) is 0 Å². The second kappa shape index (κ2) is 32.6. The molecule has 1 aliphatic rings. The maximum Gasteiger partial charge on any atom is 0.306 e. The summed E-state index contributed by atoms with van der Waals surface area (Å²) in [6.45, 7) is 3.38. The highest BCUT2D eigenvalue weighted by atomic mass is 32.2. The molecule has 0 aromatic carbocycles. The van der Waals surface area contributed by atoms with Crippen LogP contribution in [0.3, 0.4) is 0 Å². The lowest BCUT2D eigenvalue weighted by Crippen LogP contribution is -2.60. The summed E-state index contributed by atoms with van der Waals surface area (Å²) in [5.74, 6) is -2.09. The Hall–Kier alpha value is -3.43. The zero-order valence-electron chi connectivity index (χ0n) is 33.2. The summed E-state index contributed by atoms with van der Waals surface area (Å²) in [5.41, 5.74) is 0. The van der Waals surface area contributed by atoms with E-state index in [9.17, 15) is 37.9 Å². The molecule has 12 nitrogen and oxygen atoms in total. The summed E-state index contributed by atoms with van der Waals surface area (Å²) in [6, 6.07) is 0. The van der Waals surface area contributed by atoms with Crippen LogP contribution in [-0.4, -0.2) is 96.0 Å². The average molecular weight is 807 g/mol. The summed E-state index contributed by atoms with van der Waals surface area (Å²) in [5, 5.41) is 30.8. The Kier molecular flexibility index (Phi) is 29.5. The van der Waals surface area contributed by atoms with Gasteiger partial charge in [0.2, 0.25) is 0 Å². The van der Waals surface area contributed by atoms with Gasteiger partial charge < -0.3 is 34.3 Å². The monoisotopic (exact) mass is 806 g/mol. The molecule has 1 saturated heterocycles. The topological polar surface area (TPSA) is 186 Å². The van der Waals surface area contributed by atoms with Gasteiger partial charge in [-0.2, -0.15) is 8.42 Å². The number of allylic oxidation sites excluding steroid dienone is 16. The molecule has 0 aliphatic carbocycles. The first-order valence-electron chi connectivity index (χ1n) is 19.9. The Balaban J connectivity index is 2.56. The van der Waals surface area contributed by atoms with Crippen LogP contribution in [0.1, 0.15) is 104 Å². The molecule has 316 valence electrons. The Bertz CT molecular complexity index is 1410. The molecule has 0 aromatic rings. The van der Waals surface area contributed by atoms with E-state index in [1.807, 2.05) is 72.9 Å². The number of hydrogen-bond donors (Lipinski definition) is 4. The summed E-state index contributed by atoms with van der Waals surface area (Å²) in [6.07, 6.45) is 33.2. The molecule has 1 aliphatic heterocycles.